The summed E-state index contributed by atoms with van der Waals surface area (Å²) in [6, 6.07) is 7.58. The van der Waals surface area contributed by atoms with Gasteiger partial charge >= 0.3 is 0 Å². The molecule has 0 saturated carbocycles. The Bertz CT molecular complexity index is 1160. The molecule has 31 heavy (non-hydrogen) atoms. The summed E-state index contributed by atoms with van der Waals surface area (Å²) in [5, 5.41) is 7.90. The van der Waals surface area contributed by atoms with Crippen LogP contribution in [-0.2, 0) is 20.0 Å². The van der Waals surface area contributed by atoms with Gasteiger partial charge in [-0.15, -0.1) is 0 Å². The van der Waals surface area contributed by atoms with Crippen LogP contribution in [0.2, 0.25) is 5.02 Å². The first-order chi connectivity index (χ1) is 15.0. The van der Waals surface area contributed by atoms with Crippen LogP contribution in [0.4, 0.5) is 0 Å². The van der Waals surface area contributed by atoms with Crippen molar-refractivity contribution < 1.29 is 9.59 Å². The Labute approximate surface area is 184 Å². The van der Waals surface area contributed by atoms with Gasteiger partial charge in [-0.1, -0.05) is 29.8 Å². The van der Waals surface area contributed by atoms with Gasteiger partial charge < -0.3 is 14.8 Å². The van der Waals surface area contributed by atoms with Gasteiger partial charge in [-0.3, -0.25) is 14.3 Å². The summed E-state index contributed by atoms with van der Waals surface area (Å²) in [7, 11) is 1.69. The second kappa shape index (κ2) is 7.85. The van der Waals surface area contributed by atoms with Crippen LogP contribution in [0.25, 0.3) is 11.3 Å². The maximum absolute atomic E-state index is 13.0. The Morgan fingerprint density at radius 2 is 2.00 bits per heavy atom. The zero-order chi connectivity index (χ0) is 21.5. The lowest BCUT2D eigenvalue weighted by Crippen LogP contribution is -2.44. The second-order valence-electron chi connectivity index (χ2n) is 8.06. The van der Waals surface area contributed by atoms with E-state index in [1.165, 1.54) is 10.9 Å². The van der Waals surface area contributed by atoms with E-state index in [9.17, 15) is 9.59 Å². The van der Waals surface area contributed by atoms with Crippen LogP contribution in [0.3, 0.4) is 0 Å². The molecule has 9 heteroatoms. The number of carbonyl (C=O) groups is 2. The van der Waals surface area contributed by atoms with Crippen LogP contribution in [0, 0.1) is 0 Å². The summed E-state index contributed by atoms with van der Waals surface area (Å²) >= 11 is 6.32. The number of rotatable bonds is 4. The number of aromatic nitrogens is 4. The number of imidazole rings is 1. The number of hydrogen-bond donors (Lipinski definition) is 1. The van der Waals surface area contributed by atoms with E-state index >= 15 is 0 Å². The fraction of sp³-hybridized carbons (Fsp3) is 0.364. The van der Waals surface area contributed by atoms with Crippen LogP contribution in [0.1, 0.15) is 39.5 Å². The summed E-state index contributed by atoms with van der Waals surface area (Å²) < 4.78 is 3.59. The highest BCUT2D eigenvalue weighted by molar-refractivity contribution is 6.33. The quantitative estimate of drug-likeness (QED) is 0.678. The number of likely N-dealkylation sites (tertiary alicyclic amines) is 1. The number of nitrogens with zero attached hydrogens (tertiary/aromatic N) is 5. The molecule has 1 aromatic carbocycles. The molecule has 0 radical (unpaired) electrons. The number of aryl methyl sites for hydroxylation is 2. The standard InChI is InChI=1S/C22H23ClN6O2/c1-27-20(16(12-24-27)22(31)28-8-4-9-28)21(30)25-14-7-10-29-13-18(26-19(29)11-14)15-5-2-3-6-17(15)23/h2-3,5-6,12-14H,4,7-11H2,1H3,(H,25,30)/t14-/m1/s1. The second-order valence-corrected chi connectivity index (χ2v) is 8.46. The highest BCUT2D eigenvalue weighted by Gasteiger charge is 2.30. The molecule has 3 aromatic rings. The fourth-order valence-corrected chi connectivity index (χ4v) is 4.39. The van der Waals surface area contributed by atoms with E-state index in [1.54, 1.807) is 11.9 Å². The molecule has 1 fully saturated rings. The number of hydrogen-bond acceptors (Lipinski definition) is 4. The number of amides is 2. The summed E-state index contributed by atoms with van der Waals surface area (Å²) in [5.41, 5.74) is 2.40. The Balaban J connectivity index is 1.32. The molecule has 2 aliphatic rings. The van der Waals surface area contributed by atoms with E-state index in [-0.39, 0.29) is 17.9 Å². The SMILES string of the molecule is Cn1ncc(C(=O)N2CCC2)c1C(=O)N[C@@H]1CCn2cc(-c3ccccc3Cl)nc2C1. The molecule has 1 N–H and O–H groups in total. The minimum absolute atomic E-state index is 0.0663. The maximum atomic E-state index is 13.0. The van der Waals surface area contributed by atoms with Gasteiger partial charge in [0.1, 0.15) is 11.5 Å². The number of fused-ring (bicyclic) bond motifs is 1. The van der Waals surface area contributed by atoms with Crippen LogP contribution in [0.15, 0.2) is 36.7 Å². The van der Waals surface area contributed by atoms with Crippen LogP contribution >= 0.6 is 11.6 Å². The Hall–Kier alpha value is -3.13. The van der Waals surface area contributed by atoms with E-state index < -0.39 is 0 Å². The number of halogens is 1. The average Bonchev–Trinajstić information content (AvgIpc) is 3.30. The van der Waals surface area contributed by atoms with Crippen molar-refractivity contribution in [2.24, 2.45) is 7.05 Å². The van der Waals surface area contributed by atoms with Crippen molar-refractivity contribution >= 4 is 23.4 Å². The molecule has 0 aliphatic carbocycles. The normalized spacial score (nSPS) is 17.7. The van der Waals surface area contributed by atoms with Crippen molar-refractivity contribution in [3.63, 3.8) is 0 Å². The van der Waals surface area contributed by atoms with Gasteiger partial charge in [0.05, 0.1) is 22.5 Å². The van der Waals surface area contributed by atoms with Crippen molar-refractivity contribution in [2.75, 3.05) is 13.1 Å². The summed E-state index contributed by atoms with van der Waals surface area (Å²) in [5.74, 6) is 0.502. The van der Waals surface area contributed by atoms with E-state index in [0.29, 0.717) is 22.7 Å². The number of carbonyl (C=O) groups excluding carboxylic acids is 2. The largest absolute Gasteiger partial charge is 0.347 e. The third kappa shape index (κ3) is 3.61. The lowest BCUT2D eigenvalue weighted by molar-refractivity contribution is 0.0646. The lowest BCUT2D eigenvalue weighted by Gasteiger charge is -2.30. The Kier molecular flexibility index (Phi) is 5.02. The molecule has 8 nitrogen and oxygen atoms in total. The molecule has 5 rings (SSSR count). The topological polar surface area (TPSA) is 85.0 Å². The molecular weight excluding hydrogens is 416 g/mol. The van der Waals surface area contributed by atoms with Crippen LogP contribution < -0.4 is 5.32 Å². The van der Waals surface area contributed by atoms with Crippen molar-refractivity contribution in [3.8, 4) is 11.3 Å². The summed E-state index contributed by atoms with van der Waals surface area (Å²) in [6.45, 7) is 2.21. The van der Waals surface area contributed by atoms with Gasteiger partial charge in [-0.05, 0) is 18.9 Å². The van der Waals surface area contributed by atoms with E-state index in [0.717, 1.165) is 49.6 Å². The van der Waals surface area contributed by atoms with Crippen molar-refractivity contribution in [1.29, 1.82) is 0 Å². The zero-order valence-corrected chi connectivity index (χ0v) is 18.0. The van der Waals surface area contributed by atoms with Crippen molar-refractivity contribution in [2.45, 2.75) is 31.8 Å². The molecule has 160 valence electrons. The minimum atomic E-state index is -0.278. The Morgan fingerprint density at radius 3 is 2.74 bits per heavy atom. The number of nitrogens with one attached hydrogen (secondary N) is 1. The predicted molar refractivity (Wildman–Crippen MR) is 116 cm³/mol. The molecule has 2 aliphatic heterocycles. The van der Waals surface area contributed by atoms with Gasteiger partial charge in [-0.25, -0.2) is 4.98 Å². The summed E-state index contributed by atoms with van der Waals surface area (Å²) in [6.07, 6.45) is 5.89. The first-order valence-electron chi connectivity index (χ1n) is 10.4. The predicted octanol–water partition coefficient (Wildman–Crippen LogP) is 2.53. The first-order valence-corrected chi connectivity index (χ1v) is 10.8. The van der Waals surface area contributed by atoms with Gasteiger partial charge in [0, 0.05) is 50.9 Å². The average molecular weight is 439 g/mol. The van der Waals surface area contributed by atoms with Crippen molar-refractivity contribution in [3.05, 3.63) is 58.8 Å². The van der Waals surface area contributed by atoms with Gasteiger partial charge in [0.15, 0.2) is 0 Å². The molecule has 0 bridgehead atoms. The zero-order valence-electron chi connectivity index (χ0n) is 17.2. The van der Waals surface area contributed by atoms with E-state index in [2.05, 4.69) is 15.0 Å². The molecule has 2 amide bonds. The molecule has 1 atom stereocenters. The molecule has 4 heterocycles. The van der Waals surface area contributed by atoms with Crippen molar-refractivity contribution in [1.82, 2.24) is 29.5 Å². The lowest BCUT2D eigenvalue weighted by atomic mass is 10.1. The third-order valence-corrected chi connectivity index (χ3v) is 6.35. The molecule has 1 saturated heterocycles. The Morgan fingerprint density at radius 1 is 1.19 bits per heavy atom. The molecule has 0 spiro atoms. The molecule has 0 unspecified atom stereocenters. The highest BCUT2D eigenvalue weighted by atomic mass is 35.5. The summed E-state index contributed by atoms with van der Waals surface area (Å²) in [4.78, 5) is 32.2. The van der Waals surface area contributed by atoms with Gasteiger partial charge in [-0.2, -0.15) is 5.10 Å². The fourth-order valence-electron chi connectivity index (χ4n) is 4.16. The maximum Gasteiger partial charge on any atom is 0.270 e. The monoisotopic (exact) mass is 438 g/mol. The number of benzene rings is 1. The minimum Gasteiger partial charge on any atom is -0.347 e. The van der Waals surface area contributed by atoms with E-state index in [1.807, 2.05) is 30.5 Å². The van der Waals surface area contributed by atoms with E-state index in [4.69, 9.17) is 16.6 Å². The molecule has 2 aromatic heterocycles. The first kappa shape index (κ1) is 19.8. The molecular formula is C22H23ClN6O2. The highest BCUT2D eigenvalue weighted by Crippen LogP contribution is 2.28. The van der Waals surface area contributed by atoms with Gasteiger partial charge in [0.25, 0.3) is 11.8 Å². The van der Waals surface area contributed by atoms with Crippen LogP contribution in [-0.4, -0.2) is 55.2 Å². The smallest absolute Gasteiger partial charge is 0.270 e. The van der Waals surface area contributed by atoms with Gasteiger partial charge in [0.2, 0.25) is 0 Å². The third-order valence-electron chi connectivity index (χ3n) is 6.02. The van der Waals surface area contributed by atoms with Crippen LogP contribution in [0.5, 0.6) is 0 Å².